The second kappa shape index (κ2) is 4.35. The first-order valence-corrected chi connectivity index (χ1v) is 5.26. The number of nitrogens with zero attached hydrogens (tertiary/aromatic N) is 1. The standard InChI is InChI=1S/C11H18N2O2/c1-13(7-10-3-2-5-15-10)8-11(12)4-6-14-9-11/h2-3,5H,4,6-9,12H2,1H3. The summed E-state index contributed by atoms with van der Waals surface area (Å²) in [7, 11) is 2.05. The summed E-state index contributed by atoms with van der Waals surface area (Å²) in [6, 6.07) is 3.88. The van der Waals surface area contributed by atoms with Crippen LogP contribution in [0.1, 0.15) is 12.2 Å². The maximum atomic E-state index is 6.19. The Bertz CT molecular complexity index is 292. The number of hydrogen-bond acceptors (Lipinski definition) is 4. The SMILES string of the molecule is CN(Cc1ccco1)CC1(N)CCOC1. The van der Waals surface area contributed by atoms with Crippen molar-refractivity contribution in [2.75, 3.05) is 26.8 Å². The zero-order valence-corrected chi connectivity index (χ0v) is 9.11. The summed E-state index contributed by atoms with van der Waals surface area (Å²) < 4.78 is 10.6. The number of likely N-dealkylation sites (N-methyl/N-ethyl adjacent to an activating group) is 1. The van der Waals surface area contributed by atoms with Gasteiger partial charge in [0.25, 0.3) is 0 Å². The topological polar surface area (TPSA) is 51.6 Å². The van der Waals surface area contributed by atoms with E-state index in [1.54, 1.807) is 6.26 Å². The van der Waals surface area contributed by atoms with Crippen LogP contribution in [0.3, 0.4) is 0 Å². The van der Waals surface area contributed by atoms with Gasteiger partial charge in [-0.3, -0.25) is 4.90 Å². The van der Waals surface area contributed by atoms with Crippen molar-refractivity contribution in [1.29, 1.82) is 0 Å². The number of nitrogens with two attached hydrogens (primary N) is 1. The lowest BCUT2D eigenvalue weighted by atomic mass is 10.00. The van der Waals surface area contributed by atoms with Gasteiger partial charge >= 0.3 is 0 Å². The van der Waals surface area contributed by atoms with Gasteiger partial charge in [-0.1, -0.05) is 0 Å². The quantitative estimate of drug-likeness (QED) is 0.799. The molecule has 1 fully saturated rings. The first-order valence-electron chi connectivity index (χ1n) is 5.26. The van der Waals surface area contributed by atoms with Crippen LogP contribution < -0.4 is 5.73 Å². The maximum absolute atomic E-state index is 6.19. The fraction of sp³-hybridized carbons (Fsp3) is 0.636. The lowest BCUT2D eigenvalue weighted by Gasteiger charge is -2.27. The third-order valence-electron chi connectivity index (χ3n) is 2.72. The molecule has 2 N–H and O–H groups in total. The Hall–Kier alpha value is -0.840. The Kier molecular flexibility index (Phi) is 3.09. The van der Waals surface area contributed by atoms with Crippen LogP contribution >= 0.6 is 0 Å². The smallest absolute Gasteiger partial charge is 0.117 e. The van der Waals surface area contributed by atoms with Crippen LogP contribution in [0.2, 0.25) is 0 Å². The van der Waals surface area contributed by atoms with Crippen LogP contribution in [0.15, 0.2) is 22.8 Å². The molecular weight excluding hydrogens is 192 g/mol. The van der Waals surface area contributed by atoms with Gasteiger partial charge in [-0.05, 0) is 25.6 Å². The second-order valence-electron chi connectivity index (χ2n) is 4.42. The average molecular weight is 210 g/mol. The highest BCUT2D eigenvalue weighted by molar-refractivity contribution is 4.99. The van der Waals surface area contributed by atoms with Crippen molar-refractivity contribution in [3.8, 4) is 0 Å². The minimum absolute atomic E-state index is 0.179. The predicted molar refractivity (Wildman–Crippen MR) is 57.4 cm³/mol. The van der Waals surface area contributed by atoms with Crippen molar-refractivity contribution in [3.05, 3.63) is 24.2 Å². The molecule has 4 nitrogen and oxygen atoms in total. The summed E-state index contributed by atoms with van der Waals surface area (Å²) in [5.41, 5.74) is 6.01. The number of hydrogen-bond donors (Lipinski definition) is 1. The van der Waals surface area contributed by atoms with Gasteiger partial charge in [0.2, 0.25) is 0 Å². The molecule has 4 heteroatoms. The maximum Gasteiger partial charge on any atom is 0.117 e. The van der Waals surface area contributed by atoms with E-state index in [-0.39, 0.29) is 5.54 Å². The van der Waals surface area contributed by atoms with E-state index < -0.39 is 0 Å². The Labute approximate surface area is 90.0 Å². The second-order valence-corrected chi connectivity index (χ2v) is 4.42. The number of furan rings is 1. The third-order valence-corrected chi connectivity index (χ3v) is 2.72. The molecule has 0 amide bonds. The minimum Gasteiger partial charge on any atom is -0.468 e. The van der Waals surface area contributed by atoms with Gasteiger partial charge in [-0.2, -0.15) is 0 Å². The molecule has 2 rings (SSSR count). The van der Waals surface area contributed by atoms with Crippen LogP contribution in [0.25, 0.3) is 0 Å². The molecule has 1 aromatic heterocycles. The Morgan fingerprint density at radius 1 is 1.60 bits per heavy atom. The van der Waals surface area contributed by atoms with Crippen LogP contribution in [0.5, 0.6) is 0 Å². The Morgan fingerprint density at radius 3 is 3.07 bits per heavy atom. The van der Waals surface area contributed by atoms with Crippen LogP contribution in [0, 0.1) is 0 Å². The highest BCUT2D eigenvalue weighted by Crippen LogP contribution is 2.17. The highest BCUT2D eigenvalue weighted by Gasteiger charge is 2.31. The zero-order chi connectivity index (χ0) is 10.7. The monoisotopic (exact) mass is 210 g/mol. The highest BCUT2D eigenvalue weighted by atomic mass is 16.5. The molecule has 1 aliphatic rings. The molecule has 1 saturated heterocycles. The van der Waals surface area contributed by atoms with Crippen LogP contribution in [-0.2, 0) is 11.3 Å². The van der Waals surface area contributed by atoms with Gasteiger partial charge < -0.3 is 14.9 Å². The van der Waals surface area contributed by atoms with Gasteiger partial charge in [-0.25, -0.2) is 0 Å². The van der Waals surface area contributed by atoms with Crippen molar-refractivity contribution in [3.63, 3.8) is 0 Å². The fourth-order valence-corrected chi connectivity index (χ4v) is 2.01. The van der Waals surface area contributed by atoms with Crippen molar-refractivity contribution in [2.45, 2.75) is 18.5 Å². The summed E-state index contributed by atoms with van der Waals surface area (Å²) >= 11 is 0. The summed E-state index contributed by atoms with van der Waals surface area (Å²) in [5, 5.41) is 0. The number of rotatable bonds is 4. The summed E-state index contributed by atoms with van der Waals surface area (Å²) in [5.74, 6) is 0.972. The molecule has 0 aromatic carbocycles. The van der Waals surface area contributed by atoms with E-state index in [1.165, 1.54) is 0 Å². The van der Waals surface area contributed by atoms with E-state index in [9.17, 15) is 0 Å². The van der Waals surface area contributed by atoms with Crippen LogP contribution in [-0.4, -0.2) is 37.2 Å². The first-order chi connectivity index (χ1) is 7.18. The largest absolute Gasteiger partial charge is 0.468 e. The lowest BCUT2D eigenvalue weighted by Crippen LogP contribution is -2.49. The van der Waals surface area contributed by atoms with E-state index in [0.29, 0.717) is 6.61 Å². The average Bonchev–Trinajstić information content (AvgIpc) is 2.76. The van der Waals surface area contributed by atoms with E-state index in [0.717, 1.165) is 31.9 Å². The van der Waals surface area contributed by atoms with Crippen molar-refractivity contribution in [1.82, 2.24) is 4.90 Å². The van der Waals surface area contributed by atoms with Gasteiger partial charge in [0.15, 0.2) is 0 Å². The zero-order valence-electron chi connectivity index (χ0n) is 9.11. The Morgan fingerprint density at radius 2 is 2.47 bits per heavy atom. The summed E-state index contributed by atoms with van der Waals surface area (Å²) in [6.07, 6.45) is 2.63. The molecule has 0 saturated carbocycles. The molecule has 15 heavy (non-hydrogen) atoms. The molecule has 0 radical (unpaired) electrons. The van der Waals surface area contributed by atoms with Gasteiger partial charge in [-0.15, -0.1) is 0 Å². The predicted octanol–water partition coefficient (Wildman–Crippen LogP) is 0.829. The van der Waals surface area contributed by atoms with Gasteiger partial charge in [0.05, 0.1) is 25.0 Å². The third kappa shape index (κ3) is 2.81. The van der Waals surface area contributed by atoms with Crippen molar-refractivity contribution >= 4 is 0 Å². The first kappa shape index (κ1) is 10.7. The summed E-state index contributed by atoms with van der Waals surface area (Å²) in [4.78, 5) is 2.17. The van der Waals surface area contributed by atoms with Crippen molar-refractivity contribution < 1.29 is 9.15 Å². The Balaban J connectivity index is 1.84. The minimum atomic E-state index is -0.179. The fourth-order valence-electron chi connectivity index (χ4n) is 2.01. The molecule has 0 bridgehead atoms. The number of ether oxygens (including phenoxy) is 1. The molecule has 0 aliphatic carbocycles. The molecule has 0 spiro atoms. The van der Waals surface area contributed by atoms with Crippen LogP contribution in [0.4, 0.5) is 0 Å². The van der Waals surface area contributed by atoms with E-state index in [4.69, 9.17) is 14.9 Å². The summed E-state index contributed by atoms with van der Waals surface area (Å²) in [6.45, 7) is 3.08. The molecule has 1 aliphatic heterocycles. The van der Waals surface area contributed by atoms with E-state index in [2.05, 4.69) is 11.9 Å². The molecule has 1 aromatic rings. The van der Waals surface area contributed by atoms with Gasteiger partial charge in [0.1, 0.15) is 5.76 Å². The van der Waals surface area contributed by atoms with Crippen molar-refractivity contribution in [2.24, 2.45) is 5.73 Å². The molecule has 84 valence electrons. The molecule has 1 atom stereocenters. The normalized spacial score (nSPS) is 26.3. The van der Waals surface area contributed by atoms with Gasteiger partial charge in [0, 0.05) is 13.2 Å². The molecular formula is C11H18N2O2. The van der Waals surface area contributed by atoms with E-state index in [1.807, 2.05) is 12.1 Å². The lowest BCUT2D eigenvalue weighted by molar-refractivity contribution is 0.157. The molecule has 1 unspecified atom stereocenters. The molecule has 2 heterocycles. The van der Waals surface area contributed by atoms with E-state index >= 15 is 0 Å².